The van der Waals surface area contributed by atoms with Gasteiger partial charge < -0.3 is 14.6 Å². The van der Waals surface area contributed by atoms with E-state index in [9.17, 15) is 14.7 Å². The van der Waals surface area contributed by atoms with Gasteiger partial charge in [0.25, 0.3) is 0 Å². The van der Waals surface area contributed by atoms with Gasteiger partial charge in [-0.2, -0.15) is 0 Å². The van der Waals surface area contributed by atoms with Crippen LogP contribution in [-0.4, -0.2) is 22.5 Å². The molecule has 286 valence electrons. The molecule has 1 N–H and O–H groups in total. The summed E-state index contributed by atoms with van der Waals surface area (Å²) in [5, 5.41) is 9.78. The summed E-state index contributed by atoms with van der Waals surface area (Å²) in [7, 11) is 0. The lowest BCUT2D eigenvalue weighted by Gasteiger charge is -2.12. The number of Topliss-reactive ketones (excluding diaryl/α,β-unsaturated/α-hetero) is 1. The number of ether oxygens (including phenoxy) is 1. The first-order chi connectivity index (χ1) is 23.9. The second-order valence-electron chi connectivity index (χ2n) is 15.0. The molecular formula is C47H75O4+. The quantitative estimate of drug-likeness (QED) is 0.0692. The highest BCUT2D eigenvalue weighted by atomic mass is 16.6. The molecule has 0 aromatic heterocycles. The monoisotopic (exact) mass is 704 g/mol. The Morgan fingerprint density at radius 1 is 0.627 bits per heavy atom. The fraction of sp³-hybridized carbons (Fsp3) is 0.574. The molecule has 4 nitrogen and oxygen atoms in total. The fourth-order valence-electron chi connectivity index (χ4n) is 4.86. The molecule has 0 bridgehead atoms. The summed E-state index contributed by atoms with van der Waals surface area (Å²) < 4.78 is 4.31. The number of carbonyl (C=O) groups excluding carboxylic acids is 2. The zero-order valence-corrected chi connectivity index (χ0v) is 34.7. The minimum absolute atomic E-state index is 0.167. The third-order valence-electron chi connectivity index (χ3n) is 8.37. The summed E-state index contributed by atoms with van der Waals surface area (Å²) in [5.41, 5.74) is 9.20. The van der Waals surface area contributed by atoms with Crippen molar-refractivity contribution in [2.75, 3.05) is 0 Å². The lowest BCUT2D eigenvalue weighted by atomic mass is 9.99. The topological polar surface area (TPSA) is 63.6 Å². The Morgan fingerprint density at radius 3 is 1.16 bits per heavy atom. The number of ketones is 1. The zero-order valence-electron chi connectivity index (χ0n) is 34.7. The molecule has 1 saturated heterocycles. The summed E-state index contributed by atoms with van der Waals surface area (Å²) in [4.78, 5) is 20.7. The molecule has 4 heteroatoms. The van der Waals surface area contributed by atoms with Crippen LogP contribution in [0.3, 0.4) is 0 Å². The van der Waals surface area contributed by atoms with Gasteiger partial charge in [0.05, 0.1) is 0 Å². The van der Waals surface area contributed by atoms with E-state index < -0.39 is 5.60 Å². The Morgan fingerprint density at radius 2 is 0.922 bits per heavy atom. The summed E-state index contributed by atoms with van der Waals surface area (Å²) >= 11 is 0. The maximum Gasteiger partial charge on any atom is 0.318 e. The van der Waals surface area contributed by atoms with Gasteiger partial charge in [0, 0.05) is 6.42 Å². The standard InChI is InChI=1S/C23H38O.C20H33O.C4H4O2/c1-19(2)11-7-12-20(3)13-8-14-21(4)15-9-16-22(5)17-10-18-23(6)24;1-7-20(6,21)16-10-15-19(5)14-9-13-18(4)12-8-11-17(2)3;1-3-2-4(5)6-3/h11,13,15,17H,7-10,12,14,16,18H2,1-6H3;1,7,11,13,15,21H,8-10,12,14,16H2,2-6H3;1-2H2/q;+1;/b20-13+,21-15+,22-17+;18-13+,19-15+;. The number of aliphatic hydroxyl groups is 1. The van der Waals surface area contributed by atoms with Crippen LogP contribution in [-0.2, 0) is 14.3 Å². The molecule has 1 rings (SSSR count). The highest BCUT2D eigenvalue weighted by Gasteiger charge is 2.19. The number of carbonyl (C=O) groups is 2. The second kappa shape index (κ2) is 30.3. The fourth-order valence-corrected chi connectivity index (χ4v) is 4.86. The molecule has 1 fully saturated rings. The van der Waals surface area contributed by atoms with Gasteiger partial charge in [0.2, 0.25) is 6.58 Å². The van der Waals surface area contributed by atoms with Gasteiger partial charge in [-0.25, -0.2) is 0 Å². The second-order valence-corrected chi connectivity index (χ2v) is 15.0. The van der Waals surface area contributed by atoms with Crippen LogP contribution < -0.4 is 0 Å². The van der Waals surface area contributed by atoms with Crippen molar-refractivity contribution in [2.24, 2.45) is 0 Å². The molecule has 1 aliphatic heterocycles. The normalized spacial score (nSPS) is 14.8. The molecule has 0 amide bonds. The summed E-state index contributed by atoms with van der Waals surface area (Å²) in [5.74, 6) is 0.694. The maximum absolute atomic E-state index is 10.9. The van der Waals surface area contributed by atoms with Crippen molar-refractivity contribution >= 4 is 11.8 Å². The van der Waals surface area contributed by atoms with E-state index in [4.69, 9.17) is 6.58 Å². The first kappa shape index (κ1) is 49.8. The van der Waals surface area contributed by atoms with Crippen molar-refractivity contribution in [3.05, 3.63) is 107 Å². The summed E-state index contributed by atoms with van der Waals surface area (Å²) in [6.45, 7) is 31.8. The average molecular weight is 704 g/mol. The van der Waals surface area contributed by atoms with Gasteiger partial charge in [-0.05, 0) is 160 Å². The Balaban J connectivity index is 0. The number of cyclic esters (lactones) is 1. The van der Waals surface area contributed by atoms with E-state index in [-0.39, 0.29) is 11.8 Å². The Hall–Kier alpha value is -3.33. The highest BCUT2D eigenvalue weighted by Crippen LogP contribution is 2.17. The molecular weight excluding hydrogens is 629 g/mol. The number of hydrogen-bond acceptors (Lipinski definition) is 4. The van der Waals surface area contributed by atoms with Crippen LogP contribution in [0.4, 0.5) is 0 Å². The zero-order chi connectivity index (χ0) is 39.2. The van der Waals surface area contributed by atoms with Gasteiger partial charge >= 0.3 is 5.97 Å². The van der Waals surface area contributed by atoms with Crippen molar-refractivity contribution in [1.82, 2.24) is 0 Å². The van der Waals surface area contributed by atoms with Crippen LogP contribution in [0.15, 0.2) is 100.0 Å². The SMILES string of the molecule is C=C1CC(=O)O1.CC(=O)CC/C=C(\C)CC/C=C(\C)CC/C=C(\C)CCC=C(C)C.[CH+]=CC(C)(O)CC/C=C(\C)CC/C=C(\C)CCC=C(C)C. The lowest BCUT2D eigenvalue weighted by molar-refractivity contribution is -0.148. The van der Waals surface area contributed by atoms with E-state index in [1.54, 1.807) is 13.8 Å². The summed E-state index contributed by atoms with van der Waals surface area (Å²) in [6, 6.07) is 0. The molecule has 1 aliphatic rings. The van der Waals surface area contributed by atoms with Crippen molar-refractivity contribution in [3.8, 4) is 0 Å². The predicted octanol–water partition coefficient (Wildman–Crippen LogP) is 13.9. The van der Waals surface area contributed by atoms with Crippen LogP contribution in [0.5, 0.6) is 0 Å². The van der Waals surface area contributed by atoms with Crippen LogP contribution in [0.25, 0.3) is 0 Å². The van der Waals surface area contributed by atoms with E-state index in [1.165, 1.54) is 51.5 Å². The number of rotatable bonds is 22. The largest absolute Gasteiger partial charge is 0.431 e. The van der Waals surface area contributed by atoms with Crippen LogP contribution in [0, 0.1) is 6.58 Å². The van der Waals surface area contributed by atoms with Gasteiger partial charge in [0.1, 0.15) is 23.6 Å². The maximum atomic E-state index is 10.9. The Bertz CT molecular complexity index is 1240. The predicted molar refractivity (Wildman–Crippen MR) is 222 cm³/mol. The number of esters is 1. The molecule has 0 radical (unpaired) electrons. The lowest BCUT2D eigenvalue weighted by Crippen LogP contribution is -2.19. The van der Waals surface area contributed by atoms with Crippen molar-refractivity contribution < 1.29 is 19.4 Å². The molecule has 0 aliphatic carbocycles. The molecule has 0 saturated carbocycles. The smallest absolute Gasteiger partial charge is 0.318 e. The molecule has 0 aromatic rings. The van der Waals surface area contributed by atoms with Gasteiger partial charge in [-0.1, -0.05) is 88.1 Å². The average Bonchev–Trinajstić information content (AvgIpc) is 3.00. The van der Waals surface area contributed by atoms with Crippen LogP contribution >= 0.6 is 0 Å². The van der Waals surface area contributed by atoms with Gasteiger partial charge in [0.15, 0.2) is 6.08 Å². The minimum atomic E-state index is -0.849. The summed E-state index contributed by atoms with van der Waals surface area (Å²) in [6.07, 6.45) is 32.4. The van der Waals surface area contributed by atoms with E-state index >= 15 is 0 Å². The van der Waals surface area contributed by atoms with E-state index in [2.05, 4.69) is 116 Å². The van der Waals surface area contributed by atoms with Crippen molar-refractivity contribution in [3.63, 3.8) is 0 Å². The van der Waals surface area contributed by atoms with Gasteiger partial charge in [-0.15, -0.1) is 0 Å². The number of hydrogen-bond donors (Lipinski definition) is 1. The minimum Gasteiger partial charge on any atom is -0.431 e. The molecule has 1 atom stereocenters. The van der Waals surface area contributed by atoms with Gasteiger partial charge in [-0.3, -0.25) is 4.79 Å². The molecule has 1 heterocycles. The van der Waals surface area contributed by atoms with E-state index in [1.807, 2.05) is 0 Å². The Labute approximate surface area is 315 Å². The third-order valence-corrected chi connectivity index (χ3v) is 8.37. The Kier molecular flexibility index (Phi) is 29.6. The van der Waals surface area contributed by atoms with Crippen molar-refractivity contribution in [2.45, 2.75) is 178 Å². The van der Waals surface area contributed by atoms with E-state index in [0.717, 1.165) is 70.6 Å². The first-order valence-corrected chi connectivity index (χ1v) is 19.1. The first-order valence-electron chi connectivity index (χ1n) is 19.1. The highest BCUT2D eigenvalue weighted by molar-refractivity contribution is 5.79. The molecule has 0 spiro atoms. The third kappa shape index (κ3) is 36.3. The molecule has 51 heavy (non-hydrogen) atoms. The molecule has 1 unspecified atom stereocenters. The van der Waals surface area contributed by atoms with Crippen LogP contribution in [0.1, 0.15) is 172 Å². The van der Waals surface area contributed by atoms with Crippen molar-refractivity contribution in [1.29, 1.82) is 0 Å². The van der Waals surface area contributed by atoms with E-state index in [0.29, 0.717) is 25.0 Å². The number of allylic oxidation sites excluding steroid dienone is 14. The van der Waals surface area contributed by atoms with Crippen LogP contribution in [0.2, 0.25) is 0 Å². The molecule has 0 aromatic carbocycles.